The zero-order valence-electron chi connectivity index (χ0n) is 16.0. The number of ether oxygens (including phenoxy) is 5. The van der Waals surface area contributed by atoms with Crippen molar-refractivity contribution in [3.8, 4) is 0 Å². The zero-order chi connectivity index (χ0) is 21.3. The SMILES string of the molecule is C[C@H]1C[C@@H](O)[C@@H](O[C@@H]2OC[C@](O)(CO)[C@H]2O)[C@H](OC2CO[C@H](CO)[C@H](O)[C@@H]2O)O1. The summed E-state index contributed by atoms with van der Waals surface area (Å²) in [5, 5.41) is 69.4. The van der Waals surface area contributed by atoms with E-state index in [4.69, 9.17) is 28.8 Å². The first-order valence-electron chi connectivity index (χ1n) is 9.56. The molecule has 3 aliphatic heterocycles. The second kappa shape index (κ2) is 9.34. The Morgan fingerprint density at radius 2 is 1.72 bits per heavy atom. The Labute approximate surface area is 167 Å². The monoisotopic (exact) mass is 426 g/mol. The van der Waals surface area contributed by atoms with Crippen molar-refractivity contribution in [3.05, 3.63) is 0 Å². The summed E-state index contributed by atoms with van der Waals surface area (Å²) in [4.78, 5) is 0. The van der Waals surface area contributed by atoms with Crippen LogP contribution < -0.4 is 0 Å². The highest BCUT2D eigenvalue weighted by atomic mass is 16.8. The summed E-state index contributed by atoms with van der Waals surface area (Å²) in [6.45, 7) is -0.0366. The molecule has 0 amide bonds. The maximum atomic E-state index is 10.5. The second-order valence-corrected chi connectivity index (χ2v) is 7.81. The Morgan fingerprint density at radius 3 is 2.34 bits per heavy atom. The summed E-state index contributed by atoms with van der Waals surface area (Å²) in [5.41, 5.74) is -1.90. The number of hydrogen-bond acceptors (Lipinski definition) is 12. The lowest BCUT2D eigenvalue weighted by Gasteiger charge is -2.43. The van der Waals surface area contributed by atoms with Crippen LogP contribution in [0, 0.1) is 0 Å². The maximum Gasteiger partial charge on any atom is 0.187 e. The van der Waals surface area contributed by atoms with Crippen LogP contribution in [0.5, 0.6) is 0 Å². The van der Waals surface area contributed by atoms with Crippen LogP contribution in [0.2, 0.25) is 0 Å². The third-order valence-corrected chi connectivity index (χ3v) is 5.53. The van der Waals surface area contributed by atoms with E-state index in [0.29, 0.717) is 0 Å². The van der Waals surface area contributed by atoms with Gasteiger partial charge in [0.25, 0.3) is 0 Å². The lowest BCUT2D eigenvalue weighted by atomic mass is 9.99. The highest BCUT2D eigenvalue weighted by Gasteiger charge is 2.52. The minimum absolute atomic E-state index is 0.146. The van der Waals surface area contributed by atoms with E-state index in [1.165, 1.54) is 0 Å². The predicted octanol–water partition coefficient (Wildman–Crippen LogP) is -4.19. The van der Waals surface area contributed by atoms with E-state index >= 15 is 0 Å². The van der Waals surface area contributed by atoms with Crippen LogP contribution in [0.4, 0.5) is 0 Å². The average molecular weight is 426 g/mol. The van der Waals surface area contributed by atoms with Crippen LogP contribution in [0.1, 0.15) is 13.3 Å². The van der Waals surface area contributed by atoms with Gasteiger partial charge in [0.05, 0.1) is 38.6 Å². The van der Waals surface area contributed by atoms with Gasteiger partial charge in [-0.15, -0.1) is 0 Å². The Morgan fingerprint density at radius 1 is 1.00 bits per heavy atom. The lowest BCUT2D eigenvalue weighted by Crippen LogP contribution is -2.59. The molecule has 1 unspecified atom stereocenters. The molecule has 3 aliphatic rings. The molecule has 0 aromatic heterocycles. The van der Waals surface area contributed by atoms with Gasteiger partial charge in [-0.25, -0.2) is 0 Å². The highest BCUT2D eigenvalue weighted by molar-refractivity contribution is 4.95. The molecule has 3 rings (SSSR count). The van der Waals surface area contributed by atoms with Crippen molar-refractivity contribution >= 4 is 0 Å². The second-order valence-electron chi connectivity index (χ2n) is 7.81. The predicted molar refractivity (Wildman–Crippen MR) is 91.3 cm³/mol. The molecule has 0 aromatic carbocycles. The molecule has 0 saturated carbocycles. The quantitative estimate of drug-likeness (QED) is 0.217. The van der Waals surface area contributed by atoms with Crippen molar-refractivity contribution in [1.82, 2.24) is 0 Å². The van der Waals surface area contributed by atoms with Gasteiger partial charge in [-0.1, -0.05) is 0 Å². The largest absolute Gasteiger partial charge is 0.394 e. The third kappa shape index (κ3) is 4.74. The minimum atomic E-state index is -1.90. The van der Waals surface area contributed by atoms with Crippen molar-refractivity contribution in [2.75, 3.05) is 26.4 Å². The molecular weight excluding hydrogens is 396 g/mol. The van der Waals surface area contributed by atoms with Crippen LogP contribution in [-0.2, 0) is 23.7 Å². The molecule has 3 heterocycles. The summed E-state index contributed by atoms with van der Waals surface area (Å²) < 4.78 is 27.5. The van der Waals surface area contributed by atoms with Crippen LogP contribution >= 0.6 is 0 Å². The molecule has 11 atom stereocenters. The van der Waals surface area contributed by atoms with E-state index < -0.39 is 80.2 Å². The fourth-order valence-corrected chi connectivity index (χ4v) is 3.65. The van der Waals surface area contributed by atoms with Gasteiger partial charge in [-0.3, -0.25) is 0 Å². The van der Waals surface area contributed by atoms with Gasteiger partial charge in [-0.2, -0.15) is 0 Å². The highest BCUT2D eigenvalue weighted by Crippen LogP contribution is 2.32. The van der Waals surface area contributed by atoms with E-state index in [2.05, 4.69) is 0 Å². The average Bonchev–Trinajstić information content (AvgIpc) is 2.97. The van der Waals surface area contributed by atoms with E-state index in [1.807, 2.05) is 0 Å². The summed E-state index contributed by atoms with van der Waals surface area (Å²) in [5.74, 6) is 0. The molecule has 0 radical (unpaired) electrons. The van der Waals surface area contributed by atoms with Gasteiger partial charge in [-0.05, 0) is 6.92 Å². The van der Waals surface area contributed by atoms with Gasteiger partial charge in [0.15, 0.2) is 12.6 Å². The smallest absolute Gasteiger partial charge is 0.187 e. The zero-order valence-corrected chi connectivity index (χ0v) is 16.0. The first-order valence-corrected chi connectivity index (χ1v) is 9.56. The fourth-order valence-electron chi connectivity index (χ4n) is 3.65. The molecule has 29 heavy (non-hydrogen) atoms. The van der Waals surface area contributed by atoms with Crippen molar-refractivity contribution in [3.63, 3.8) is 0 Å². The molecule has 0 aromatic rings. The molecule has 0 bridgehead atoms. The molecule has 12 nitrogen and oxygen atoms in total. The Kier molecular flexibility index (Phi) is 7.47. The number of rotatable bonds is 6. The summed E-state index contributed by atoms with van der Waals surface area (Å²) in [7, 11) is 0. The van der Waals surface area contributed by atoms with Gasteiger partial charge >= 0.3 is 0 Å². The van der Waals surface area contributed by atoms with Crippen LogP contribution in [0.25, 0.3) is 0 Å². The first-order chi connectivity index (χ1) is 13.7. The number of aliphatic hydroxyl groups excluding tert-OH is 6. The van der Waals surface area contributed by atoms with Crippen LogP contribution in [0.15, 0.2) is 0 Å². The summed E-state index contributed by atoms with van der Waals surface area (Å²) in [6, 6.07) is 0. The maximum absolute atomic E-state index is 10.5. The number of hydrogen-bond donors (Lipinski definition) is 7. The normalized spacial score (nSPS) is 51.3. The van der Waals surface area contributed by atoms with E-state index in [1.54, 1.807) is 6.92 Å². The van der Waals surface area contributed by atoms with Gasteiger partial charge in [0.2, 0.25) is 0 Å². The van der Waals surface area contributed by atoms with Gasteiger partial charge in [0, 0.05) is 6.42 Å². The summed E-state index contributed by atoms with van der Waals surface area (Å²) >= 11 is 0. The van der Waals surface area contributed by atoms with E-state index in [0.717, 1.165) is 0 Å². The van der Waals surface area contributed by atoms with Crippen molar-refractivity contribution < 1.29 is 59.4 Å². The van der Waals surface area contributed by atoms with Crippen molar-refractivity contribution in [1.29, 1.82) is 0 Å². The first kappa shape index (κ1) is 23.2. The Hall–Kier alpha value is -0.480. The third-order valence-electron chi connectivity index (χ3n) is 5.53. The van der Waals surface area contributed by atoms with Crippen molar-refractivity contribution in [2.45, 2.75) is 80.4 Å². The topological polar surface area (TPSA) is 188 Å². The fraction of sp³-hybridized carbons (Fsp3) is 1.00. The number of aliphatic hydroxyl groups is 7. The molecule has 7 N–H and O–H groups in total. The van der Waals surface area contributed by atoms with Gasteiger partial charge in [0.1, 0.15) is 42.2 Å². The lowest BCUT2D eigenvalue weighted by molar-refractivity contribution is -0.336. The standard InChI is InChI=1S/C17H30O12/c1-7-2-8(20)13(29-16-14(23)17(24,5-19)6-26-16)15(27-7)28-10-4-25-9(3-18)11(21)12(10)22/h7-16,18-24H,2-6H2,1H3/t7-,8+,9+,10?,11-,12+,13+,14-,15-,16-,17+/m0/s1. The molecule has 3 fully saturated rings. The van der Waals surface area contributed by atoms with E-state index in [-0.39, 0.29) is 19.6 Å². The van der Waals surface area contributed by atoms with Crippen molar-refractivity contribution in [2.24, 2.45) is 0 Å². The molecule has 0 aliphatic carbocycles. The Bertz CT molecular complexity index is 537. The summed E-state index contributed by atoms with van der Waals surface area (Å²) in [6.07, 6.45) is -11.4. The molecule has 3 saturated heterocycles. The van der Waals surface area contributed by atoms with Crippen LogP contribution in [0.3, 0.4) is 0 Å². The molecule has 0 spiro atoms. The minimum Gasteiger partial charge on any atom is -0.394 e. The molecule has 12 heteroatoms. The molecule has 170 valence electrons. The Balaban J connectivity index is 1.68. The van der Waals surface area contributed by atoms with Gasteiger partial charge < -0.3 is 59.4 Å². The van der Waals surface area contributed by atoms with E-state index in [9.17, 15) is 30.6 Å². The molecular formula is C17H30O12. The van der Waals surface area contributed by atoms with Crippen LogP contribution in [-0.4, -0.2) is 129 Å².